The standard InChI is InChI=1S/C6H15N3O2S/c7-12(10,11)9-6-2-1-4-8-5-3-6/h6,8-9H,1-5H2,(H2,7,10,11). The van der Waals surface area contributed by atoms with E-state index in [-0.39, 0.29) is 6.04 Å². The molecule has 0 amide bonds. The lowest BCUT2D eigenvalue weighted by atomic mass is 10.1. The van der Waals surface area contributed by atoms with Gasteiger partial charge in [0.05, 0.1) is 0 Å². The van der Waals surface area contributed by atoms with Crippen molar-refractivity contribution >= 4 is 10.2 Å². The quantitative estimate of drug-likeness (QED) is 0.521. The average Bonchev–Trinajstić information content (AvgIpc) is 2.12. The Morgan fingerprint density at radius 2 is 2.08 bits per heavy atom. The van der Waals surface area contributed by atoms with Gasteiger partial charge >= 0.3 is 0 Å². The van der Waals surface area contributed by atoms with Gasteiger partial charge in [0, 0.05) is 6.04 Å². The van der Waals surface area contributed by atoms with Crippen LogP contribution >= 0.6 is 0 Å². The molecule has 1 fully saturated rings. The van der Waals surface area contributed by atoms with Crippen LogP contribution < -0.4 is 15.2 Å². The second-order valence-electron chi connectivity index (χ2n) is 3.04. The third kappa shape index (κ3) is 4.01. The summed E-state index contributed by atoms with van der Waals surface area (Å²) < 4.78 is 23.7. The predicted molar refractivity (Wildman–Crippen MR) is 46.8 cm³/mol. The molecule has 6 heteroatoms. The third-order valence-electron chi connectivity index (χ3n) is 1.91. The molecular formula is C6H15N3O2S. The minimum absolute atomic E-state index is 0.00926. The minimum atomic E-state index is -3.52. The first kappa shape index (κ1) is 9.91. The summed E-state index contributed by atoms with van der Waals surface area (Å²) >= 11 is 0. The molecule has 0 aromatic heterocycles. The van der Waals surface area contributed by atoms with Crippen LogP contribution in [0.4, 0.5) is 0 Å². The Morgan fingerprint density at radius 3 is 2.75 bits per heavy atom. The number of hydrogen-bond acceptors (Lipinski definition) is 3. The predicted octanol–water partition coefficient (Wildman–Crippen LogP) is -1.08. The van der Waals surface area contributed by atoms with E-state index in [1.165, 1.54) is 0 Å². The average molecular weight is 193 g/mol. The van der Waals surface area contributed by atoms with E-state index in [0.29, 0.717) is 0 Å². The lowest BCUT2D eigenvalue weighted by molar-refractivity contribution is 0.519. The number of hydrogen-bond donors (Lipinski definition) is 3. The molecule has 0 aromatic carbocycles. The van der Waals surface area contributed by atoms with Gasteiger partial charge < -0.3 is 5.32 Å². The maximum Gasteiger partial charge on any atom is 0.274 e. The van der Waals surface area contributed by atoms with Gasteiger partial charge in [-0.3, -0.25) is 0 Å². The van der Waals surface area contributed by atoms with E-state index in [0.717, 1.165) is 32.4 Å². The summed E-state index contributed by atoms with van der Waals surface area (Å²) in [5, 5.41) is 8.05. The molecule has 12 heavy (non-hydrogen) atoms. The van der Waals surface area contributed by atoms with Crippen LogP contribution in [0.3, 0.4) is 0 Å². The van der Waals surface area contributed by atoms with Crippen molar-refractivity contribution in [3.8, 4) is 0 Å². The largest absolute Gasteiger partial charge is 0.317 e. The summed E-state index contributed by atoms with van der Waals surface area (Å²) in [5.74, 6) is 0. The monoisotopic (exact) mass is 193 g/mol. The first-order valence-electron chi connectivity index (χ1n) is 4.09. The fourth-order valence-corrected chi connectivity index (χ4v) is 2.07. The summed E-state index contributed by atoms with van der Waals surface area (Å²) in [6.45, 7) is 1.82. The Hall–Kier alpha value is -0.170. The molecule has 1 aliphatic rings. The van der Waals surface area contributed by atoms with Gasteiger partial charge in [-0.05, 0) is 32.4 Å². The van der Waals surface area contributed by atoms with Gasteiger partial charge in [0.2, 0.25) is 0 Å². The van der Waals surface area contributed by atoms with Crippen molar-refractivity contribution in [2.24, 2.45) is 5.14 Å². The molecule has 0 spiro atoms. The highest BCUT2D eigenvalue weighted by Gasteiger charge is 2.15. The fourth-order valence-electron chi connectivity index (χ4n) is 1.37. The maximum absolute atomic E-state index is 10.7. The Morgan fingerprint density at radius 1 is 1.33 bits per heavy atom. The lowest BCUT2D eigenvalue weighted by Gasteiger charge is -2.12. The summed E-state index contributed by atoms with van der Waals surface area (Å²) in [6.07, 6.45) is 2.67. The lowest BCUT2D eigenvalue weighted by Crippen LogP contribution is -2.39. The second kappa shape index (κ2) is 4.18. The SMILES string of the molecule is NS(=O)(=O)NC1CCCNCC1. The summed E-state index contributed by atoms with van der Waals surface area (Å²) in [6, 6.07) is 0.00926. The van der Waals surface area contributed by atoms with E-state index in [1.54, 1.807) is 0 Å². The van der Waals surface area contributed by atoms with Crippen LogP contribution in [-0.2, 0) is 10.2 Å². The highest BCUT2D eigenvalue weighted by Crippen LogP contribution is 2.04. The van der Waals surface area contributed by atoms with Crippen LogP contribution in [-0.4, -0.2) is 27.5 Å². The van der Waals surface area contributed by atoms with Crippen molar-refractivity contribution in [2.75, 3.05) is 13.1 Å². The molecule has 0 saturated carbocycles. The summed E-state index contributed by atoms with van der Waals surface area (Å²) in [4.78, 5) is 0. The molecule has 1 heterocycles. The van der Waals surface area contributed by atoms with Gasteiger partial charge in [-0.2, -0.15) is 13.1 Å². The van der Waals surface area contributed by atoms with E-state index in [2.05, 4.69) is 10.0 Å². The molecular weight excluding hydrogens is 178 g/mol. The third-order valence-corrected chi connectivity index (χ3v) is 2.57. The van der Waals surface area contributed by atoms with Crippen molar-refractivity contribution in [3.05, 3.63) is 0 Å². The zero-order valence-electron chi connectivity index (χ0n) is 6.91. The van der Waals surface area contributed by atoms with E-state index in [1.807, 2.05) is 0 Å². The van der Waals surface area contributed by atoms with E-state index in [9.17, 15) is 8.42 Å². The zero-order valence-corrected chi connectivity index (χ0v) is 7.73. The van der Waals surface area contributed by atoms with E-state index >= 15 is 0 Å². The van der Waals surface area contributed by atoms with Gasteiger partial charge in [0.15, 0.2) is 0 Å². The fraction of sp³-hybridized carbons (Fsp3) is 1.00. The van der Waals surface area contributed by atoms with Gasteiger partial charge in [0.1, 0.15) is 0 Å². The molecule has 1 atom stereocenters. The van der Waals surface area contributed by atoms with Crippen LogP contribution in [0.1, 0.15) is 19.3 Å². The van der Waals surface area contributed by atoms with Crippen molar-refractivity contribution in [1.29, 1.82) is 0 Å². The molecule has 1 aliphatic heterocycles. The molecule has 0 aromatic rings. The van der Waals surface area contributed by atoms with Crippen molar-refractivity contribution in [1.82, 2.24) is 10.0 Å². The molecule has 0 aliphatic carbocycles. The van der Waals surface area contributed by atoms with E-state index < -0.39 is 10.2 Å². The van der Waals surface area contributed by atoms with Gasteiger partial charge in [-0.1, -0.05) is 0 Å². The molecule has 0 radical (unpaired) electrons. The molecule has 5 nitrogen and oxygen atoms in total. The molecule has 1 saturated heterocycles. The Kier molecular flexibility index (Phi) is 3.45. The Balaban J connectivity index is 2.40. The normalized spacial score (nSPS) is 26.6. The first-order chi connectivity index (χ1) is 5.58. The van der Waals surface area contributed by atoms with Crippen LogP contribution in [0.5, 0.6) is 0 Å². The van der Waals surface area contributed by atoms with Crippen molar-refractivity contribution in [3.63, 3.8) is 0 Å². The van der Waals surface area contributed by atoms with Crippen LogP contribution in [0.15, 0.2) is 0 Å². The summed E-state index contributed by atoms with van der Waals surface area (Å²) in [7, 11) is -3.52. The molecule has 4 N–H and O–H groups in total. The number of rotatable bonds is 2. The molecule has 72 valence electrons. The molecule has 1 unspecified atom stereocenters. The van der Waals surface area contributed by atoms with Gasteiger partial charge in [0.25, 0.3) is 10.2 Å². The van der Waals surface area contributed by atoms with Gasteiger partial charge in [-0.15, -0.1) is 0 Å². The molecule has 1 rings (SSSR count). The smallest absolute Gasteiger partial charge is 0.274 e. The molecule has 0 bridgehead atoms. The topological polar surface area (TPSA) is 84.2 Å². The highest BCUT2D eigenvalue weighted by molar-refractivity contribution is 7.87. The van der Waals surface area contributed by atoms with Crippen LogP contribution in [0.2, 0.25) is 0 Å². The Labute approximate surface area is 72.9 Å². The second-order valence-corrected chi connectivity index (χ2v) is 4.37. The summed E-state index contributed by atoms with van der Waals surface area (Å²) in [5.41, 5.74) is 0. The minimum Gasteiger partial charge on any atom is -0.317 e. The first-order valence-corrected chi connectivity index (χ1v) is 5.63. The van der Waals surface area contributed by atoms with Crippen molar-refractivity contribution in [2.45, 2.75) is 25.3 Å². The van der Waals surface area contributed by atoms with Crippen molar-refractivity contribution < 1.29 is 8.42 Å². The van der Waals surface area contributed by atoms with Crippen LogP contribution in [0.25, 0.3) is 0 Å². The number of nitrogens with two attached hydrogens (primary N) is 1. The van der Waals surface area contributed by atoms with E-state index in [4.69, 9.17) is 5.14 Å². The maximum atomic E-state index is 10.7. The number of nitrogens with one attached hydrogen (secondary N) is 2. The Bertz CT molecular complexity index is 219. The highest BCUT2D eigenvalue weighted by atomic mass is 32.2. The van der Waals surface area contributed by atoms with Crippen LogP contribution in [0, 0.1) is 0 Å². The van der Waals surface area contributed by atoms with Gasteiger partial charge in [-0.25, -0.2) is 5.14 Å². The zero-order chi connectivity index (χ0) is 9.03.